The van der Waals surface area contributed by atoms with Crippen LogP contribution in [0.25, 0.3) is 0 Å². The average molecular weight is 315 g/mol. The van der Waals surface area contributed by atoms with E-state index in [0.717, 1.165) is 15.6 Å². The Kier molecular flexibility index (Phi) is 5.12. The number of hydrogen-bond acceptors (Lipinski definition) is 1. The summed E-state index contributed by atoms with van der Waals surface area (Å²) in [6, 6.07) is 13.5. The predicted octanol–water partition coefficient (Wildman–Crippen LogP) is 5.50. The van der Waals surface area contributed by atoms with Gasteiger partial charge in [0.15, 0.2) is 0 Å². The number of rotatable bonds is 4. The summed E-state index contributed by atoms with van der Waals surface area (Å²) in [7, 11) is 0. The van der Waals surface area contributed by atoms with Gasteiger partial charge in [0.1, 0.15) is 0 Å². The first-order valence-electron chi connectivity index (χ1n) is 5.99. The molecule has 0 aliphatic heterocycles. The van der Waals surface area contributed by atoms with Gasteiger partial charge in [0.2, 0.25) is 0 Å². The van der Waals surface area contributed by atoms with Crippen molar-refractivity contribution in [1.29, 1.82) is 0 Å². The molecule has 0 aliphatic rings. The smallest absolute Gasteiger partial charge is 0.0451 e. The number of benzene rings is 2. The molecule has 2 aromatic rings. The maximum absolute atomic E-state index is 6.13. The number of halogens is 3. The Morgan fingerprint density at radius 1 is 0.947 bits per heavy atom. The molecule has 19 heavy (non-hydrogen) atoms. The second-order valence-corrected chi connectivity index (χ2v) is 5.67. The fourth-order valence-electron chi connectivity index (χ4n) is 1.81. The molecule has 0 aliphatic carbocycles. The first kappa shape index (κ1) is 14.7. The Balaban J connectivity index is 2.02. The van der Waals surface area contributed by atoms with E-state index in [1.165, 1.54) is 5.56 Å². The van der Waals surface area contributed by atoms with Crippen molar-refractivity contribution >= 4 is 34.8 Å². The number of nitrogens with one attached hydrogen (secondary N) is 1. The molecule has 1 nitrogen and oxygen atoms in total. The molecule has 2 aromatic carbocycles. The Labute approximate surface area is 128 Å². The van der Waals surface area contributed by atoms with Crippen molar-refractivity contribution in [1.82, 2.24) is 5.32 Å². The summed E-state index contributed by atoms with van der Waals surface area (Å²) in [4.78, 5) is 0. The minimum atomic E-state index is 0.215. The van der Waals surface area contributed by atoms with Crippen molar-refractivity contribution in [2.45, 2.75) is 19.5 Å². The van der Waals surface area contributed by atoms with Crippen molar-refractivity contribution in [2.24, 2.45) is 0 Å². The SMILES string of the molecule is CC(NCc1cc(Cl)ccc1Cl)c1ccc(Cl)cc1. The van der Waals surface area contributed by atoms with Crippen LogP contribution in [0.3, 0.4) is 0 Å². The third kappa shape index (κ3) is 4.12. The molecule has 0 aromatic heterocycles. The molecular formula is C15H14Cl3N. The van der Waals surface area contributed by atoms with Gasteiger partial charge >= 0.3 is 0 Å². The molecule has 0 saturated carbocycles. The van der Waals surface area contributed by atoms with Gasteiger partial charge in [0.25, 0.3) is 0 Å². The summed E-state index contributed by atoms with van der Waals surface area (Å²) < 4.78 is 0. The molecule has 1 atom stereocenters. The van der Waals surface area contributed by atoms with Crippen LogP contribution in [0, 0.1) is 0 Å². The minimum Gasteiger partial charge on any atom is -0.306 e. The van der Waals surface area contributed by atoms with E-state index < -0.39 is 0 Å². The molecule has 0 heterocycles. The van der Waals surface area contributed by atoms with Crippen LogP contribution in [0.1, 0.15) is 24.1 Å². The third-order valence-electron chi connectivity index (χ3n) is 2.98. The molecular weight excluding hydrogens is 301 g/mol. The van der Waals surface area contributed by atoms with Crippen LogP contribution >= 0.6 is 34.8 Å². The van der Waals surface area contributed by atoms with Crippen molar-refractivity contribution in [3.8, 4) is 0 Å². The molecule has 0 fully saturated rings. The van der Waals surface area contributed by atoms with E-state index >= 15 is 0 Å². The lowest BCUT2D eigenvalue weighted by molar-refractivity contribution is 0.575. The van der Waals surface area contributed by atoms with Gasteiger partial charge in [-0.1, -0.05) is 46.9 Å². The monoisotopic (exact) mass is 313 g/mol. The predicted molar refractivity (Wildman–Crippen MR) is 83.2 cm³/mol. The fourth-order valence-corrected chi connectivity index (χ4v) is 2.32. The molecule has 0 spiro atoms. The lowest BCUT2D eigenvalue weighted by Gasteiger charge is -2.15. The maximum atomic E-state index is 6.13. The Morgan fingerprint density at radius 3 is 2.26 bits per heavy atom. The summed E-state index contributed by atoms with van der Waals surface area (Å²) in [6.07, 6.45) is 0. The summed E-state index contributed by atoms with van der Waals surface area (Å²) >= 11 is 18.0. The van der Waals surface area contributed by atoms with Gasteiger partial charge in [0, 0.05) is 27.7 Å². The number of hydrogen-bond donors (Lipinski definition) is 1. The van der Waals surface area contributed by atoms with Crippen LogP contribution in [0.4, 0.5) is 0 Å². The molecule has 1 N–H and O–H groups in total. The Morgan fingerprint density at radius 2 is 1.58 bits per heavy atom. The van der Waals surface area contributed by atoms with Gasteiger partial charge in [-0.2, -0.15) is 0 Å². The van der Waals surface area contributed by atoms with Gasteiger partial charge in [-0.05, 0) is 48.4 Å². The van der Waals surface area contributed by atoms with Gasteiger partial charge in [-0.25, -0.2) is 0 Å². The second-order valence-electron chi connectivity index (χ2n) is 4.39. The molecule has 2 rings (SSSR count). The Bertz CT molecular complexity index is 552. The van der Waals surface area contributed by atoms with Crippen molar-refractivity contribution < 1.29 is 0 Å². The zero-order valence-corrected chi connectivity index (χ0v) is 12.7. The Hall–Kier alpha value is -0.730. The first-order chi connectivity index (χ1) is 9.06. The highest BCUT2D eigenvalue weighted by molar-refractivity contribution is 6.33. The zero-order valence-electron chi connectivity index (χ0n) is 10.5. The highest BCUT2D eigenvalue weighted by Gasteiger charge is 2.07. The average Bonchev–Trinajstić information content (AvgIpc) is 2.40. The molecule has 100 valence electrons. The van der Waals surface area contributed by atoms with Crippen LogP contribution in [-0.2, 0) is 6.54 Å². The van der Waals surface area contributed by atoms with E-state index in [4.69, 9.17) is 34.8 Å². The second kappa shape index (κ2) is 6.62. The van der Waals surface area contributed by atoms with Crippen molar-refractivity contribution in [3.63, 3.8) is 0 Å². The summed E-state index contributed by atoms with van der Waals surface area (Å²) in [6.45, 7) is 2.77. The summed E-state index contributed by atoms with van der Waals surface area (Å²) in [5.74, 6) is 0. The standard InChI is InChI=1S/C15H14Cl3N/c1-10(11-2-4-13(16)5-3-11)19-9-12-8-14(17)6-7-15(12)18/h2-8,10,19H,9H2,1H3. The molecule has 0 amide bonds. The first-order valence-corrected chi connectivity index (χ1v) is 7.12. The van der Waals surface area contributed by atoms with Crippen LogP contribution in [0.15, 0.2) is 42.5 Å². The highest BCUT2D eigenvalue weighted by Crippen LogP contribution is 2.22. The van der Waals surface area contributed by atoms with Crippen molar-refractivity contribution in [2.75, 3.05) is 0 Å². The van der Waals surface area contributed by atoms with Crippen LogP contribution in [0.5, 0.6) is 0 Å². The van der Waals surface area contributed by atoms with Crippen LogP contribution in [-0.4, -0.2) is 0 Å². The summed E-state index contributed by atoms with van der Waals surface area (Å²) in [5, 5.41) is 5.58. The van der Waals surface area contributed by atoms with Gasteiger partial charge in [0.05, 0.1) is 0 Å². The lowest BCUT2D eigenvalue weighted by Crippen LogP contribution is -2.18. The lowest BCUT2D eigenvalue weighted by atomic mass is 10.1. The molecule has 1 unspecified atom stereocenters. The normalized spacial score (nSPS) is 12.4. The fraction of sp³-hybridized carbons (Fsp3) is 0.200. The van der Waals surface area contributed by atoms with Gasteiger partial charge in [-0.3, -0.25) is 0 Å². The third-order valence-corrected chi connectivity index (χ3v) is 3.83. The van der Waals surface area contributed by atoms with E-state index in [0.29, 0.717) is 11.6 Å². The largest absolute Gasteiger partial charge is 0.306 e. The van der Waals surface area contributed by atoms with Gasteiger partial charge < -0.3 is 5.32 Å². The van der Waals surface area contributed by atoms with Crippen molar-refractivity contribution in [3.05, 3.63) is 68.7 Å². The maximum Gasteiger partial charge on any atom is 0.0451 e. The molecule has 0 bridgehead atoms. The highest BCUT2D eigenvalue weighted by atomic mass is 35.5. The van der Waals surface area contributed by atoms with E-state index in [-0.39, 0.29) is 6.04 Å². The minimum absolute atomic E-state index is 0.215. The quantitative estimate of drug-likeness (QED) is 0.786. The molecule has 0 radical (unpaired) electrons. The molecule has 0 saturated heterocycles. The van der Waals surface area contributed by atoms with Gasteiger partial charge in [-0.15, -0.1) is 0 Å². The van der Waals surface area contributed by atoms with E-state index in [1.54, 1.807) is 6.07 Å². The van der Waals surface area contributed by atoms with Crippen LogP contribution in [0.2, 0.25) is 15.1 Å². The van der Waals surface area contributed by atoms with E-state index in [1.807, 2.05) is 36.4 Å². The topological polar surface area (TPSA) is 12.0 Å². The zero-order chi connectivity index (χ0) is 13.8. The molecule has 4 heteroatoms. The summed E-state index contributed by atoms with van der Waals surface area (Å²) in [5.41, 5.74) is 2.18. The van der Waals surface area contributed by atoms with Crippen LogP contribution < -0.4 is 5.32 Å². The van der Waals surface area contributed by atoms with E-state index in [9.17, 15) is 0 Å². The van der Waals surface area contributed by atoms with E-state index in [2.05, 4.69) is 12.2 Å².